The predicted molar refractivity (Wildman–Crippen MR) is 92.5 cm³/mol. The highest BCUT2D eigenvalue weighted by molar-refractivity contribution is 6.30. The van der Waals surface area contributed by atoms with Crippen LogP contribution in [0, 0.1) is 0 Å². The van der Waals surface area contributed by atoms with Crippen LogP contribution < -0.4 is 4.74 Å². The minimum atomic E-state index is 0. The molecule has 2 aromatic rings. The molecule has 1 fully saturated rings. The number of halogens is 2. The molecule has 4 nitrogen and oxygen atoms in total. The molecule has 3 rings (SSSR count). The van der Waals surface area contributed by atoms with E-state index in [2.05, 4.69) is 4.98 Å². The fourth-order valence-electron chi connectivity index (χ4n) is 2.55. The number of benzene rings is 1. The van der Waals surface area contributed by atoms with Crippen molar-refractivity contribution in [3.05, 3.63) is 59.4 Å². The van der Waals surface area contributed by atoms with E-state index in [-0.39, 0.29) is 24.4 Å². The van der Waals surface area contributed by atoms with Crippen LogP contribution in [-0.2, 0) is 0 Å². The van der Waals surface area contributed by atoms with Gasteiger partial charge in [0.05, 0.1) is 5.56 Å². The van der Waals surface area contributed by atoms with Gasteiger partial charge in [0.15, 0.2) is 0 Å². The summed E-state index contributed by atoms with van der Waals surface area (Å²) in [6.07, 6.45) is 5.07. The van der Waals surface area contributed by atoms with Crippen LogP contribution >= 0.6 is 24.0 Å². The van der Waals surface area contributed by atoms with Gasteiger partial charge in [0.1, 0.15) is 11.9 Å². The Hall–Kier alpha value is -1.78. The van der Waals surface area contributed by atoms with Crippen LogP contribution in [0.25, 0.3) is 0 Å². The van der Waals surface area contributed by atoms with E-state index >= 15 is 0 Å². The number of pyridine rings is 1. The lowest BCUT2D eigenvalue weighted by molar-refractivity contribution is 0.0595. The molecule has 0 N–H and O–H groups in total. The molecule has 2 heterocycles. The van der Waals surface area contributed by atoms with Gasteiger partial charge in [0.2, 0.25) is 0 Å². The third-order valence-corrected chi connectivity index (χ3v) is 4.01. The highest BCUT2D eigenvalue weighted by atomic mass is 35.5. The Kier molecular flexibility index (Phi) is 6.25. The maximum Gasteiger partial charge on any atom is 0.255 e. The van der Waals surface area contributed by atoms with E-state index in [1.807, 2.05) is 29.2 Å². The average molecular weight is 353 g/mol. The van der Waals surface area contributed by atoms with E-state index in [1.54, 1.807) is 24.5 Å². The highest BCUT2D eigenvalue weighted by Gasteiger charge is 2.24. The Morgan fingerprint density at radius 1 is 1.17 bits per heavy atom. The maximum atomic E-state index is 12.3. The van der Waals surface area contributed by atoms with Gasteiger partial charge in [-0.2, -0.15) is 0 Å². The van der Waals surface area contributed by atoms with Crippen molar-refractivity contribution < 1.29 is 9.53 Å². The monoisotopic (exact) mass is 352 g/mol. The fraction of sp³-hybridized carbons (Fsp3) is 0.294. The lowest BCUT2D eigenvalue weighted by Crippen LogP contribution is -2.41. The second-order valence-corrected chi connectivity index (χ2v) is 5.74. The van der Waals surface area contributed by atoms with Gasteiger partial charge in [-0.25, -0.2) is 0 Å². The van der Waals surface area contributed by atoms with Gasteiger partial charge in [-0.15, -0.1) is 12.4 Å². The zero-order valence-corrected chi connectivity index (χ0v) is 14.1. The minimum Gasteiger partial charge on any atom is -0.490 e. The molecule has 0 atom stereocenters. The van der Waals surface area contributed by atoms with Crippen molar-refractivity contribution in [1.82, 2.24) is 9.88 Å². The van der Waals surface area contributed by atoms with Crippen LogP contribution in [0.3, 0.4) is 0 Å². The van der Waals surface area contributed by atoms with Gasteiger partial charge in [-0.05, 0) is 36.4 Å². The van der Waals surface area contributed by atoms with Crippen LogP contribution in [0.5, 0.6) is 5.75 Å². The average Bonchev–Trinajstić information content (AvgIpc) is 2.58. The molecule has 0 bridgehead atoms. The van der Waals surface area contributed by atoms with Crippen LogP contribution in [0.15, 0.2) is 48.8 Å². The van der Waals surface area contributed by atoms with Crippen molar-refractivity contribution in [2.24, 2.45) is 0 Å². The Bertz CT molecular complexity index is 627. The molecule has 1 aliphatic rings. The number of ether oxygens (including phenoxy) is 1. The molecular weight excluding hydrogens is 335 g/mol. The van der Waals surface area contributed by atoms with Gasteiger partial charge in [0, 0.05) is 43.3 Å². The zero-order chi connectivity index (χ0) is 15.4. The molecule has 1 aromatic heterocycles. The van der Waals surface area contributed by atoms with Crippen LogP contribution in [0.4, 0.5) is 0 Å². The topological polar surface area (TPSA) is 42.4 Å². The summed E-state index contributed by atoms with van der Waals surface area (Å²) in [7, 11) is 0. The van der Waals surface area contributed by atoms with Crippen molar-refractivity contribution in [2.75, 3.05) is 13.1 Å². The molecule has 1 aromatic carbocycles. The summed E-state index contributed by atoms with van der Waals surface area (Å²) in [5.74, 6) is 0.861. The Morgan fingerprint density at radius 3 is 2.48 bits per heavy atom. The summed E-state index contributed by atoms with van der Waals surface area (Å²) >= 11 is 5.86. The number of hydrogen-bond acceptors (Lipinski definition) is 3. The molecule has 1 saturated heterocycles. The summed E-state index contributed by atoms with van der Waals surface area (Å²) in [5.41, 5.74) is 0.638. The SMILES string of the molecule is Cl.O=C(c1cccnc1)N1CCC(Oc2ccc(Cl)cc2)CC1. The van der Waals surface area contributed by atoms with Crippen molar-refractivity contribution >= 4 is 29.9 Å². The van der Waals surface area contributed by atoms with Crippen LogP contribution in [0.2, 0.25) is 5.02 Å². The second-order valence-electron chi connectivity index (χ2n) is 5.31. The van der Waals surface area contributed by atoms with Crippen LogP contribution in [-0.4, -0.2) is 35.0 Å². The lowest BCUT2D eigenvalue weighted by Gasteiger charge is -2.32. The largest absolute Gasteiger partial charge is 0.490 e. The molecule has 1 amide bonds. The van der Waals surface area contributed by atoms with E-state index < -0.39 is 0 Å². The number of piperidine rings is 1. The van der Waals surface area contributed by atoms with E-state index in [9.17, 15) is 4.79 Å². The first-order valence-corrected chi connectivity index (χ1v) is 7.72. The molecule has 23 heavy (non-hydrogen) atoms. The Morgan fingerprint density at radius 2 is 1.87 bits per heavy atom. The third kappa shape index (κ3) is 4.60. The standard InChI is InChI=1S/C17H17ClN2O2.ClH/c18-14-3-5-15(6-4-14)22-16-7-10-20(11-8-16)17(21)13-2-1-9-19-12-13;/h1-6,9,12,16H,7-8,10-11H2;1H. The van der Waals surface area contributed by atoms with Crippen molar-refractivity contribution in [3.8, 4) is 5.75 Å². The number of carbonyl (C=O) groups excluding carboxylic acids is 1. The second kappa shape index (κ2) is 8.18. The fourth-order valence-corrected chi connectivity index (χ4v) is 2.68. The predicted octanol–water partition coefficient (Wildman–Crippen LogP) is 3.84. The normalized spacial score (nSPS) is 14.9. The number of likely N-dealkylation sites (tertiary alicyclic amines) is 1. The summed E-state index contributed by atoms with van der Waals surface area (Å²) in [6, 6.07) is 11.0. The zero-order valence-electron chi connectivity index (χ0n) is 12.5. The lowest BCUT2D eigenvalue weighted by atomic mass is 10.1. The molecule has 6 heteroatoms. The van der Waals surface area contributed by atoms with Crippen molar-refractivity contribution in [2.45, 2.75) is 18.9 Å². The quantitative estimate of drug-likeness (QED) is 0.842. The van der Waals surface area contributed by atoms with E-state index in [4.69, 9.17) is 16.3 Å². The van der Waals surface area contributed by atoms with Gasteiger partial charge < -0.3 is 9.64 Å². The minimum absolute atomic E-state index is 0. The molecular formula is C17H18Cl2N2O2. The van der Waals surface area contributed by atoms with Crippen molar-refractivity contribution in [3.63, 3.8) is 0 Å². The maximum absolute atomic E-state index is 12.3. The third-order valence-electron chi connectivity index (χ3n) is 3.75. The number of rotatable bonds is 3. The summed E-state index contributed by atoms with van der Waals surface area (Å²) in [5, 5.41) is 0.698. The van der Waals surface area contributed by atoms with E-state index in [0.717, 1.165) is 18.6 Å². The first-order valence-electron chi connectivity index (χ1n) is 7.34. The van der Waals surface area contributed by atoms with Crippen LogP contribution in [0.1, 0.15) is 23.2 Å². The molecule has 0 unspecified atom stereocenters. The van der Waals surface area contributed by atoms with Gasteiger partial charge in [0.25, 0.3) is 5.91 Å². The Labute approximate surface area is 146 Å². The summed E-state index contributed by atoms with van der Waals surface area (Å²) in [6.45, 7) is 1.40. The summed E-state index contributed by atoms with van der Waals surface area (Å²) < 4.78 is 5.94. The number of amides is 1. The first-order chi connectivity index (χ1) is 10.7. The smallest absolute Gasteiger partial charge is 0.255 e. The number of nitrogens with zero attached hydrogens (tertiary/aromatic N) is 2. The van der Waals surface area contributed by atoms with Gasteiger partial charge >= 0.3 is 0 Å². The molecule has 0 radical (unpaired) electrons. The highest BCUT2D eigenvalue weighted by Crippen LogP contribution is 2.21. The molecule has 0 aliphatic carbocycles. The number of aromatic nitrogens is 1. The number of carbonyl (C=O) groups is 1. The van der Waals surface area contributed by atoms with Gasteiger partial charge in [-0.3, -0.25) is 9.78 Å². The van der Waals surface area contributed by atoms with E-state index in [0.29, 0.717) is 23.7 Å². The summed E-state index contributed by atoms with van der Waals surface area (Å²) in [4.78, 5) is 18.2. The Balaban J connectivity index is 0.00000192. The number of hydrogen-bond donors (Lipinski definition) is 0. The van der Waals surface area contributed by atoms with Gasteiger partial charge in [-0.1, -0.05) is 11.6 Å². The molecule has 122 valence electrons. The molecule has 0 spiro atoms. The van der Waals surface area contributed by atoms with E-state index in [1.165, 1.54) is 0 Å². The molecule has 1 aliphatic heterocycles. The van der Waals surface area contributed by atoms with Crippen molar-refractivity contribution in [1.29, 1.82) is 0 Å². The first kappa shape index (κ1) is 17.6. The molecule has 0 saturated carbocycles.